The van der Waals surface area contributed by atoms with E-state index in [0.29, 0.717) is 34.0 Å². The van der Waals surface area contributed by atoms with Gasteiger partial charge in [0.05, 0.1) is 23.6 Å². The third-order valence-electron chi connectivity index (χ3n) is 14.8. The van der Waals surface area contributed by atoms with Crippen LogP contribution < -0.4 is 9.30 Å². The Morgan fingerprint density at radius 1 is 0.545 bits per heavy atom. The quantitative estimate of drug-likeness (QED) is 0.123. The summed E-state index contributed by atoms with van der Waals surface area (Å²) < 4.78 is 65.6. The molecule has 1 aliphatic rings. The van der Waals surface area contributed by atoms with Crippen molar-refractivity contribution in [1.82, 2.24) is 14.1 Å². The van der Waals surface area contributed by atoms with E-state index in [-0.39, 0.29) is 44.1 Å². The van der Waals surface area contributed by atoms with Crippen LogP contribution in [0, 0.1) is 18.5 Å². The van der Waals surface area contributed by atoms with Gasteiger partial charge in [-0.1, -0.05) is 178 Å². The maximum atomic E-state index is 9.62. The fraction of sp³-hybridized carbons (Fsp3) is 0.0571. The summed E-state index contributed by atoms with van der Waals surface area (Å²) >= 11 is 0. The average Bonchev–Trinajstić information content (AvgIpc) is 4.38. The van der Waals surface area contributed by atoms with Crippen molar-refractivity contribution >= 4 is 54.8 Å². The zero-order chi connectivity index (χ0) is 55.0. The molecule has 6 nitrogen and oxygen atoms in total. The predicted molar refractivity (Wildman–Crippen MR) is 307 cm³/mol. The second-order valence-electron chi connectivity index (χ2n) is 20.3. The van der Waals surface area contributed by atoms with Crippen molar-refractivity contribution in [3.05, 3.63) is 248 Å². The van der Waals surface area contributed by atoms with E-state index in [0.717, 1.165) is 99.5 Å². The summed E-state index contributed by atoms with van der Waals surface area (Å²) in [6, 6.07) is 68.4. The van der Waals surface area contributed by atoms with Gasteiger partial charge in [0.15, 0.2) is 0 Å². The molecule has 0 spiro atoms. The molecule has 7 heteroatoms. The van der Waals surface area contributed by atoms with Crippen molar-refractivity contribution in [1.29, 1.82) is 0 Å². The molecular weight excluding hydrogens is 1120 g/mol. The largest absolute Gasteiger partial charge is 0.510 e. The third kappa shape index (κ3) is 7.50. The monoisotopic (exact) mass is 1170 g/mol. The molecule has 0 N–H and O–H groups in total. The zero-order valence-electron chi connectivity index (χ0n) is 46.9. The van der Waals surface area contributed by atoms with Crippen LogP contribution >= 0.6 is 0 Å². The maximum Gasteiger partial charge on any atom is 0.268 e. The van der Waals surface area contributed by atoms with Crippen LogP contribution in [0.1, 0.15) is 33.2 Å². The first-order valence-corrected chi connectivity index (χ1v) is 25.4. The van der Waals surface area contributed by atoms with E-state index in [1.54, 1.807) is 0 Å². The average molecular weight is 1180 g/mol. The summed E-state index contributed by atoms with van der Waals surface area (Å²) in [4.78, 5) is 4.87. The first-order valence-electron chi connectivity index (χ1n) is 27.9. The van der Waals surface area contributed by atoms with Gasteiger partial charge in [0.2, 0.25) is 0 Å². The Hall–Kier alpha value is -9.09. The van der Waals surface area contributed by atoms with E-state index in [9.17, 15) is 2.74 Å². The van der Waals surface area contributed by atoms with E-state index < -0.39 is 18.1 Å². The number of fused-ring (bicyclic) bond motifs is 13. The van der Waals surface area contributed by atoms with Gasteiger partial charge in [0.1, 0.15) is 17.0 Å². The summed E-state index contributed by atoms with van der Waals surface area (Å²) in [5.74, 6) is 1.73. The number of rotatable bonds is 6. The molecule has 15 rings (SSSR count). The molecule has 0 saturated heterocycles. The number of nitrogens with zero attached hydrogens (tertiary/aromatic N) is 4. The molecule has 77 heavy (non-hydrogen) atoms. The van der Waals surface area contributed by atoms with E-state index >= 15 is 0 Å². The van der Waals surface area contributed by atoms with Gasteiger partial charge < -0.3 is 18.3 Å². The Balaban J connectivity index is 0.00000602. The van der Waals surface area contributed by atoms with Gasteiger partial charge in [-0.05, 0) is 109 Å². The fourth-order valence-corrected chi connectivity index (χ4v) is 11.3. The molecule has 0 unspecified atom stereocenters. The van der Waals surface area contributed by atoms with E-state index in [2.05, 4.69) is 111 Å². The number of hydrogen-bond donors (Lipinski definition) is 0. The molecule has 1 aliphatic heterocycles. The number of para-hydroxylation sites is 4. The summed E-state index contributed by atoms with van der Waals surface area (Å²) in [7, 11) is 0. The molecule has 4 aromatic heterocycles. The molecule has 10 aromatic carbocycles. The third-order valence-corrected chi connectivity index (χ3v) is 14.8. The Labute approximate surface area is 467 Å². The van der Waals surface area contributed by atoms with Gasteiger partial charge >= 0.3 is 0 Å². The van der Waals surface area contributed by atoms with Crippen molar-refractivity contribution in [2.45, 2.75) is 26.2 Å². The molecule has 0 fully saturated rings. The van der Waals surface area contributed by atoms with E-state index in [1.807, 2.05) is 137 Å². The Morgan fingerprint density at radius 2 is 1.18 bits per heavy atom. The molecule has 5 heterocycles. The SMILES string of the molecule is [2H]c1c([2H])c([2H])c(-c2cc(-c3cccc4c3oc3ccccc34)cc3c2-[n+]2[c-]n(-c4[c-]c(Oc5[c-]c6c(cc5)c5ccccc5n6-c5cc(C(C)(C)C)ccn5)ccc4)c4cccc(c42)-c2ccccc2-c2ccccc2-3)c([2H])c1[2H].[Pt]. The number of ether oxygens (including phenoxy) is 1. The molecule has 14 aromatic rings. The Bertz CT molecular complexity index is 4970. The maximum absolute atomic E-state index is 9.62. The smallest absolute Gasteiger partial charge is 0.268 e. The first-order chi connectivity index (χ1) is 39.4. The van der Waals surface area contributed by atoms with Gasteiger partial charge in [-0.3, -0.25) is 4.57 Å². The van der Waals surface area contributed by atoms with Crippen LogP contribution in [0.2, 0.25) is 0 Å². The molecule has 0 bridgehead atoms. The van der Waals surface area contributed by atoms with Crippen LogP contribution in [0.15, 0.2) is 229 Å². The second kappa shape index (κ2) is 18.0. The van der Waals surface area contributed by atoms with Crippen molar-refractivity contribution < 1.29 is 41.6 Å². The van der Waals surface area contributed by atoms with Crippen molar-refractivity contribution in [2.75, 3.05) is 0 Å². The summed E-state index contributed by atoms with van der Waals surface area (Å²) in [5.41, 5.74) is 14.5. The van der Waals surface area contributed by atoms with Crippen molar-refractivity contribution in [3.8, 4) is 84.3 Å². The Morgan fingerprint density at radius 3 is 1.99 bits per heavy atom. The summed E-state index contributed by atoms with van der Waals surface area (Å²) in [5, 5.41) is 4.01. The molecule has 0 saturated carbocycles. The van der Waals surface area contributed by atoms with Crippen LogP contribution in [-0.4, -0.2) is 14.1 Å². The standard InChI is InChI=1S/C70H46N4O2.Pt/c1-70(2,3)46-36-37-71-66(40-46)74-62-31-13-11-26-55(62)56-35-34-49(42-64(56)74)75-48-21-15-20-47(41-48)72-43-73-67-60(44-18-5-4-6-19-44)38-45(50-28-16-30-59-57-27-12-14-33-65(57)76-69(50)59)39-61(67)54-25-10-8-23-52(54)51-22-7-9-24-53(51)58-29-17-32-63(72)68(58)73;/h4-40H,1-3H3;/q-2;/i4D,5D,6D,18D,19D;. The zero-order valence-corrected chi connectivity index (χ0v) is 44.2. The first kappa shape index (κ1) is 41.2. The molecule has 0 amide bonds. The van der Waals surface area contributed by atoms with E-state index in [1.165, 1.54) is 5.56 Å². The number of aromatic nitrogens is 4. The predicted octanol–water partition coefficient (Wildman–Crippen LogP) is 17.4. The topological polar surface area (TPSA) is 49.0 Å². The van der Waals surface area contributed by atoms with Gasteiger partial charge in [-0.25, -0.2) is 4.98 Å². The van der Waals surface area contributed by atoms with Gasteiger partial charge in [-0.15, -0.1) is 29.7 Å². The normalized spacial score (nSPS) is 12.9. The number of furan rings is 1. The van der Waals surface area contributed by atoms with Crippen LogP contribution in [0.4, 0.5) is 0 Å². The van der Waals surface area contributed by atoms with Crippen LogP contribution in [0.25, 0.3) is 128 Å². The number of pyridine rings is 1. The number of benzene rings is 10. The molecule has 0 radical (unpaired) electrons. The number of hydrogen-bond acceptors (Lipinski definition) is 3. The van der Waals surface area contributed by atoms with Crippen LogP contribution in [-0.2, 0) is 26.5 Å². The minimum Gasteiger partial charge on any atom is -0.510 e. The van der Waals surface area contributed by atoms with Crippen LogP contribution in [0.3, 0.4) is 0 Å². The van der Waals surface area contributed by atoms with E-state index in [4.69, 9.17) is 18.3 Å². The summed E-state index contributed by atoms with van der Waals surface area (Å²) in [6.45, 7) is 6.60. The minimum atomic E-state index is -0.476. The van der Waals surface area contributed by atoms with Crippen molar-refractivity contribution in [2.24, 2.45) is 0 Å². The van der Waals surface area contributed by atoms with Crippen molar-refractivity contribution in [3.63, 3.8) is 0 Å². The van der Waals surface area contributed by atoms with Gasteiger partial charge in [0, 0.05) is 60.6 Å². The van der Waals surface area contributed by atoms with Gasteiger partial charge in [0.25, 0.3) is 6.33 Å². The second-order valence-corrected chi connectivity index (χ2v) is 20.3. The molecular formula is C70H46N4O2Pt-2. The Kier molecular flexibility index (Phi) is 9.65. The summed E-state index contributed by atoms with van der Waals surface area (Å²) in [6.07, 6.45) is 5.65. The van der Waals surface area contributed by atoms with Crippen LogP contribution in [0.5, 0.6) is 11.5 Å². The van der Waals surface area contributed by atoms with Gasteiger partial charge in [-0.2, -0.15) is 18.2 Å². The number of imidazole rings is 1. The minimum absolute atomic E-state index is 0. The molecule has 0 atom stereocenters. The molecule has 0 aliphatic carbocycles. The molecule has 370 valence electrons. The fourth-order valence-electron chi connectivity index (χ4n) is 11.3.